The first-order chi connectivity index (χ1) is 13.4. The summed E-state index contributed by atoms with van der Waals surface area (Å²) in [5.41, 5.74) is 2.21. The number of aromatic amines is 1. The first kappa shape index (κ1) is 17.6. The Labute approximate surface area is 155 Å². The van der Waals surface area contributed by atoms with Gasteiger partial charge in [-0.25, -0.2) is 22.9 Å². The van der Waals surface area contributed by atoms with Crippen LogP contribution in [-0.4, -0.2) is 15.0 Å². The molecule has 0 spiro atoms. The summed E-state index contributed by atoms with van der Waals surface area (Å²) in [5, 5.41) is 5.70. The van der Waals surface area contributed by atoms with Gasteiger partial charge in [0.15, 0.2) is 23.0 Å². The summed E-state index contributed by atoms with van der Waals surface area (Å²) in [5.74, 6) is -4.28. The van der Waals surface area contributed by atoms with Crippen LogP contribution in [0.3, 0.4) is 0 Å². The van der Waals surface area contributed by atoms with E-state index in [1.807, 2.05) is 0 Å². The molecule has 142 valence electrons. The van der Waals surface area contributed by atoms with Crippen LogP contribution in [0.2, 0.25) is 0 Å². The normalized spacial score (nSPS) is 11.0. The average Bonchev–Trinajstić information content (AvgIpc) is 3.02. The van der Waals surface area contributed by atoms with Crippen molar-refractivity contribution in [3.8, 4) is 0 Å². The van der Waals surface area contributed by atoms with Gasteiger partial charge in [-0.05, 0) is 25.1 Å². The van der Waals surface area contributed by atoms with E-state index in [-0.39, 0.29) is 11.6 Å². The minimum Gasteiger partial charge on any atom is -0.408 e. The third-order valence-corrected chi connectivity index (χ3v) is 3.89. The zero-order valence-corrected chi connectivity index (χ0v) is 14.3. The van der Waals surface area contributed by atoms with E-state index in [0.29, 0.717) is 28.2 Å². The Balaban J connectivity index is 1.62. The van der Waals surface area contributed by atoms with Crippen LogP contribution in [0.5, 0.6) is 0 Å². The van der Waals surface area contributed by atoms with Gasteiger partial charge >= 0.3 is 5.76 Å². The Hall–Kier alpha value is -3.82. The van der Waals surface area contributed by atoms with Gasteiger partial charge in [-0.2, -0.15) is 4.98 Å². The quantitative estimate of drug-likeness (QED) is 0.456. The van der Waals surface area contributed by atoms with Crippen molar-refractivity contribution in [3.05, 3.63) is 70.1 Å². The van der Waals surface area contributed by atoms with Crippen molar-refractivity contribution in [2.75, 3.05) is 10.6 Å². The average molecular weight is 387 g/mol. The third-order valence-electron chi connectivity index (χ3n) is 3.89. The van der Waals surface area contributed by atoms with Crippen molar-refractivity contribution in [1.82, 2.24) is 15.0 Å². The van der Waals surface area contributed by atoms with Gasteiger partial charge in [0.2, 0.25) is 5.95 Å². The fourth-order valence-electron chi connectivity index (χ4n) is 2.55. The molecular weight excluding hydrogens is 375 g/mol. The lowest BCUT2D eigenvalue weighted by Gasteiger charge is -2.11. The molecule has 0 fully saturated rings. The minimum absolute atomic E-state index is 0.0383. The second kappa shape index (κ2) is 6.72. The molecule has 2 aromatic carbocycles. The van der Waals surface area contributed by atoms with Gasteiger partial charge in [0.1, 0.15) is 5.82 Å². The highest BCUT2D eigenvalue weighted by atomic mass is 19.2. The maximum Gasteiger partial charge on any atom is 0.417 e. The number of nitrogens with one attached hydrogen (secondary N) is 3. The third kappa shape index (κ3) is 3.39. The summed E-state index contributed by atoms with van der Waals surface area (Å²) in [6.07, 6.45) is 1.51. The number of benzene rings is 2. The maximum absolute atomic E-state index is 13.4. The number of fused-ring (bicyclic) bond motifs is 1. The van der Waals surface area contributed by atoms with E-state index in [1.165, 1.54) is 6.20 Å². The maximum atomic E-state index is 13.4. The molecule has 2 heterocycles. The Kier molecular flexibility index (Phi) is 4.22. The van der Waals surface area contributed by atoms with Crippen molar-refractivity contribution in [1.29, 1.82) is 0 Å². The lowest BCUT2D eigenvalue weighted by Crippen LogP contribution is -2.04. The molecule has 0 unspecified atom stereocenters. The molecule has 4 aromatic rings. The number of halogens is 3. The lowest BCUT2D eigenvalue weighted by molar-refractivity contribution is 0.448. The van der Waals surface area contributed by atoms with E-state index in [4.69, 9.17) is 4.42 Å². The van der Waals surface area contributed by atoms with Crippen molar-refractivity contribution >= 4 is 34.2 Å². The number of aromatic nitrogens is 3. The summed E-state index contributed by atoms with van der Waals surface area (Å²) in [7, 11) is 0. The van der Waals surface area contributed by atoms with E-state index in [2.05, 4.69) is 25.6 Å². The summed E-state index contributed by atoms with van der Waals surface area (Å²) in [6, 6.07) is 6.59. The van der Waals surface area contributed by atoms with Gasteiger partial charge in [0, 0.05) is 35.3 Å². The predicted molar refractivity (Wildman–Crippen MR) is 96.5 cm³/mol. The van der Waals surface area contributed by atoms with Crippen molar-refractivity contribution in [2.45, 2.75) is 6.92 Å². The number of anilines is 4. The number of oxazole rings is 1. The molecular formula is C18H12F3N5O2. The molecule has 3 N–H and O–H groups in total. The molecule has 0 radical (unpaired) electrons. The highest BCUT2D eigenvalue weighted by Gasteiger charge is 2.12. The number of H-pyrrole nitrogens is 1. The predicted octanol–water partition coefficient (Wildman–Crippen LogP) is 4.12. The van der Waals surface area contributed by atoms with Gasteiger partial charge in [0.25, 0.3) is 0 Å². The van der Waals surface area contributed by atoms with Crippen molar-refractivity contribution < 1.29 is 17.6 Å². The molecule has 0 saturated carbocycles. The molecule has 0 saturated heterocycles. The molecule has 0 atom stereocenters. The monoisotopic (exact) mass is 387 g/mol. The van der Waals surface area contributed by atoms with Gasteiger partial charge in [-0.3, -0.25) is 4.98 Å². The number of aryl methyl sites for hydroxylation is 1. The molecule has 0 aliphatic carbocycles. The van der Waals surface area contributed by atoms with Crippen LogP contribution in [0.1, 0.15) is 5.56 Å². The molecule has 2 aromatic heterocycles. The van der Waals surface area contributed by atoms with Gasteiger partial charge in [-0.1, -0.05) is 0 Å². The minimum atomic E-state index is -1.55. The van der Waals surface area contributed by atoms with Crippen molar-refractivity contribution in [3.63, 3.8) is 0 Å². The van der Waals surface area contributed by atoms with Crippen LogP contribution in [-0.2, 0) is 0 Å². The Morgan fingerprint density at radius 2 is 1.79 bits per heavy atom. The summed E-state index contributed by atoms with van der Waals surface area (Å²) < 4.78 is 44.7. The molecule has 7 nitrogen and oxygen atoms in total. The van der Waals surface area contributed by atoms with E-state index in [9.17, 15) is 18.0 Å². The smallest absolute Gasteiger partial charge is 0.408 e. The van der Waals surface area contributed by atoms with Crippen LogP contribution in [0.4, 0.5) is 36.3 Å². The summed E-state index contributed by atoms with van der Waals surface area (Å²) in [4.78, 5) is 22.1. The molecule has 0 aliphatic rings. The largest absolute Gasteiger partial charge is 0.417 e. The highest BCUT2D eigenvalue weighted by molar-refractivity contribution is 5.78. The van der Waals surface area contributed by atoms with E-state index in [1.54, 1.807) is 25.1 Å². The first-order valence-electron chi connectivity index (χ1n) is 8.04. The van der Waals surface area contributed by atoms with Crippen LogP contribution >= 0.6 is 0 Å². The van der Waals surface area contributed by atoms with Crippen molar-refractivity contribution in [2.24, 2.45) is 0 Å². The topological polar surface area (TPSA) is 95.8 Å². The fraction of sp³-hybridized carbons (Fsp3) is 0.0556. The number of hydrogen-bond acceptors (Lipinski definition) is 6. The molecule has 28 heavy (non-hydrogen) atoms. The van der Waals surface area contributed by atoms with Crippen LogP contribution in [0, 0.1) is 24.4 Å². The van der Waals surface area contributed by atoms with E-state index < -0.39 is 23.2 Å². The Morgan fingerprint density at radius 1 is 1.04 bits per heavy atom. The van der Waals surface area contributed by atoms with Crippen LogP contribution in [0.15, 0.2) is 45.7 Å². The molecule has 10 heteroatoms. The summed E-state index contributed by atoms with van der Waals surface area (Å²) in [6.45, 7) is 1.77. The highest BCUT2D eigenvalue weighted by Crippen LogP contribution is 2.24. The molecule has 0 amide bonds. The van der Waals surface area contributed by atoms with Gasteiger partial charge in [-0.15, -0.1) is 0 Å². The van der Waals surface area contributed by atoms with E-state index >= 15 is 0 Å². The van der Waals surface area contributed by atoms with Gasteiger partial charge in [0.05, 0.1) is 5.52 Å². The van der Waals surface area contributed by atoms with Gasteiger partial charge < -0.3 is 15.1 Å². The second-order valence-electron chi connectivity index (χ2n) is 5.95. The number of rotatable bonds is 4. The second-order valence-corrected chi connectivity index (χ2v) is 5.95. The Morgan fingerprint density at radius 3 is 2.54 bits per heavy atom. The lowest BCUT2D eigenvalue weighted by atomic mass is 10.2. The van der Waals surface area contributed by atoms with Crippen LogP contribution in [0.25, 0.3) is 11.1 Å². The zero-order chi connectivity index (χ0) is 19.8. The standard InChI is InChI=1S/C18H12F3N5O2/c1-8-7-22-17(24-10-4-11(19)15(21)12(20)5-10)26-16(8)23-9-2-3-14-13(6-9)25-18(27)28-14/h2-7H,1H3,(H,25,27)(H2,22,23,24,26). The van der Waals surface area contributed by atoms with E-state index in [0.717, 1.165) is 12.1 Å². The SMILES string of the molecule is Cc1cnc(Nc2cc(F)c(F)c(F)c2)nc1Nc1ccc2oc(=O)[nH]c2c1. The zero-order valence-electron chi connectivity index (χ0n) is 14.3. The van der Waals surface area contributed by atoms with Crippen LogP contribution < -0.4 is 16.4 Å². The first-order valence-corrected chi connectivity index (χ1v) is 8.04. The Bertz CT molecular complexity index is 1230. The fourth-order valence-corrected chi connectivity index (χ4v) is 2.55. The molecule has 0 bridgehead atoms. The molecule has 0 aliphatic heterocycles. The number of nitrogens with zero attached hydrogens (tertiary/aromatic N) is 2. The molecule has 4 rings (SSSR count). The number of hydrogen-bond donors (Lipinski definition) is 3. The summed E-state index contributed by atoms with van der Waals surface area (Å²) >= 11 is 0.